The van der Waals surface area contributed by atoms with Gasteiger partial charge in [-0.05, 0) is 43.0 Å². The molecule has 0 atom stereocenters. The molecule has 0 aliphatic carbocycles. The third-order valence-electron chi connectivity index (χ3n) is 3.03. The summed E-state index contributed by atoms with van der Waals surface area (Å²) in [6.07, 6.45) is 6.07. The first-order chi connectivity index (χ1) is 7.90. The van der Waals surface area contributed by atoms with Crippen LogP contribution in [0.5, 0.6) is 5.75 Å². The molecule has 0 unspecified atom stereocenters. The summed E-state index contributed by atoms with van der Waals surface area (Å²) in [7, 11) is 0. The first-order valence-corrected chi connectivity index (χ1v) is 6.40. The Balaban J connectivity index is 1.90. The minimum Gasteiger partial charge on any atom is -0.494 e. The number of rotatable bonds is 5. The van der Waals surface area contributed by atoms with E-state index in [1.54, 1.807) is 0 Å². The van der Waals surface area contributed by atoms with Crippen LogP contribution in [-0.4, -0.2) is 13.2 Å². The number of hydrogen-bond donors (Lipinski definition) is 1. The van der Waals surface area contributed by atoms with E-state index in [0.717, 1.165) is 25.3 Å². The minimum atomic E-state index is 0.847. The predicted molar refractivity (Wildman–Crippen MR) is 68.3 cm³/mol. The molecule has 1 aromatic rings. The van der Waals surface area contributed by atoms with Gasteiger partial charge >= 0.3 is 0 Å². The van der Waals surface area contributed by atoms with Gasteiger partial charge in [0.2, 0.25) is 0 Å². The van der Waals surface area contributed by atoms with E-state index in [0.29, 0.717) is 0 Å². The lowest BCUT2D eigenvalue weighted by Crippen LogP contribution is -2.11. The van der Waals surface area contributed by atoms with Gasteiger partial charge in [-0.1, -0.05) is 19.8 Å². The van der Waals surface area contributed by atoms with Crippen molar-refractivity contribution in [1.82, 2.24) is 0 Å². The Morgan fingerprint density at radius 3 is 3.12 bits per heavy atom. The number of fused-ring (bicyclic) bond motifs is 1. The molecule has 2 rings (SSSR count). The SMILES string of the molecule is CCCCCOc1ccc2c(c1)CCCN2. The number of ether oxygens (including phenoxy) is 1. The smallest absolute Gasteiger partial charge is 0.119 e. The van der Waals surface area contributed by atoms with Gasteiger partial charge in [-0.15, -0.1) is 0 Å². The van der Waals surface area contributed by atoms with Crippen molar-refractivity contribution in [3.8, 4) is 5.75 Å². The van der Waals surface area contributed by atoms with E-state index in [-0.39, 0.29) is 0 Å². The van der Waals surface area contributed by atoms with Gasteiger partial charge in [-0.25, -0.2) is 0 Å². The second-order valence-corrected chi connectivity index (χ2v) is 4.40. The third-order valence-corrected chi connectivity index (χ3v) is 3.03. The maximum atomic E-state index is 5.75. The van der Waals surface area contributed by atoms with Crippen LogP contribution in [0.25, 0.3) is 0 Å². The summed E-state index contributed by atoms with van der Waals surface area (Å²) in [6.45, 7) is 4.16. The average Bonchev–Trinajstić information content (AvgIpc) is 2.34. The molecule has 0 saturated heterocycles. The van der Waals surface area contributed by atoms with Crippen LogP contribution in [0.4, 0.5) is 5.69 Å². The van der Waals surface area contributed by atoms with Gasteiger partial charge in [0.1, 0.15) is 5.75 Å². The first kappa shape index (κ1) is 11.3. The van der Waals surface area contributed by atoms with E-state index >= 15 is 0 Å². The summed E-state index contributed by atoms with van der Waals surface area (Å²) in [5, 5.41) is 3.41. The van der Waals surface area contributed by atoms with Crippen molar-refractivity contribution in [2.45, 2.75) is 39.0 Å². The van der Waals surface area contributed by atoms with Crippen LogP contribution in [0.2, 0.25) is 0 Å². The van der Waals surface area contributed by atoms with E-state index in [4.69, 9.17) is 4.74 Å². The number of nitrogens with one attached hydrogen (secondary N) is 1. The molecule has 0 radical (unpaired) electrons. The molecule has 0 saturated carbocycles. The monoisotopic (exact) mass is 219 g/mol. The van der Waals surface area contributed by atoms with E-state index in [1.807, 2.05) is 0 Å². The number of benzene rings is 1. The molecule has 1 aliphatic rings. The van der Waals surface area contributed by atoms with Crippen LogP contribution < -0.4 is 10.1 Å². The summed E-state index contributed by atoms with van der Waals surface area (Å²) in [5.41, 5.74) is 2.69. The molecular formula is C14H21NO. The highest BCUT2D eigenvalue weighted by Gasteiger charge is 2.08. The number of aryl methyl sites for hydroxylation is 1. The largest absolute Gasteiger partial charge is 0.494 e. The van der Waals surface area contributed by atoms with Crippen LogP contribution in [0, 0.1) is 0 Å². The lowest BCUT2D eigenvalue weighted by Gasteiger charge is -2.18. The van der Waals surface area contributed by atoms with Crippen molar-refractivity contribution in [3.05, 3.63) is 23.8 Å². The fourth-order valence-corrected chi connectivity index (χ4v) is 2.08. The summed E-state index contributed by atoms with van der Waals surface area (Å²) in [5.74, 6) is 1.03. The van der Waals surface area contributed by atoms with Crippen molar-refractivity contribution >= 4 is 5.69 Å². The molecule has 2 heteroatoms. The Hall–Kier alpha value is -1.18. The molecule has 0 amide bonds. The molecule has 88 valence electrons. The van der Waals surface area contributed by atoms with Gasteiger partial charge in [0.05, 0.1) is 6.61 Å². The third kappa shape index (κ3) is 2.91. The summed E-state index contributed by atoms with van der Waals surface area (Å²) in [6, 6.07) is 6.40. The topological polar surface area (TPSA) is 21.3 Å². The summed E-state index contributed by atoms with van der Waals surface area (Å²) in [4.78, 5) is 0. The molecule has 1 heterocycles. The van der Waals surface area contributed by atoms with Crippen molar-refractivity contribution in [1.29, 1.82) is 0 Å². The van der Waals surface area contributed by atoms with Crippen LogP contribution >= 0.6 is 0 Å². The molecule has 16 heavy (non-hydrogen) atoms. The van der Waals surface area contributed by atoms with Gasteiger partial charge in [0.25, 0.3) is 0 Å². The Morgan fingerprint density at radius 1 is 1.31 bits per heavy atom. The zero-order valence-corrected chi connectivity index (χ0v) is 10.1. The normalized spacial score (nSPS) is 14.1. The number of anilines is 1. The fourth-order valence-electron chi connectivity index (χ4n) is 2.08. The molecule has 1 aromatic carbocycles. The van der Waals surface area contributed by atoms with Crippen molar-refractivity contribution in [2.75, 3.05) is 18.5 Å². The van der Waals surface area contributed by atoms with E-state index in [9.17, 15) is 0 Å². The Kier molecular flexibility index (Phi) is 4.09. The molecule has 1 aliphatic heterocycles. The Labute approximate surface area is 98.0 Å². The maximum Gasteiger partial charge on any atom is 0.119 e. The molecule has 0 bridgehead atoms. The maximum absolute atomic E-state index is 5.75. The van der Waals surface area contributed by atoms with Gasteiger partial charge in [-0.3, -0.25) is 0 Å². The zero-order chi connectivity index (χ0) is 11.2. The molecule has 0 spiro atoms. The number of unbranched alkanes of at least 4 members (excludes halogenated alkanes) is 2. The highest BCUT2D eigenvalue weighted by molar-refractivity contribution is 5.55. The second-order valence-electron chi connectivity index (χ2n) is 4.40. The molecule has 2 nitrogen and oxygen atoms in total. The average molecular weight is 219 g/mol. The van der Waals surface area contributed by atoms with Crippen LogP contribution in [0.15, 0.2) is 18.2 Å². The quantitative estimate of drug-likeness (QED) is 0.764. The second kappa shape index (κ2) is 5.78. The number of hydrogen-bond acceptors (Lipinski definition) is 2. The predicted octanol–water partition coefficient (Wildman–Crippen LogP) is 3.61. The lowest BCUT2D eigenvalue weighted by atomic mass is 10.0. The van der Waals surface area contributed by atoms with Crippen LogP contribution in [0.1, 0.15) is 38.2 Å². The molecule has 0 aromatic heterocycles. The van der Waals surface area contributed by atoms with Crippen molar-refractivity contribution in [3.63, 3.8) is 0 Å². The molecule has 0 fully saturated rings. The van der Waals surface area contributed by atoms with E-state index in [1.165, 1.54) is 36.9 Å². The Morgan fingerprint density at radius 2 is 2.25 bits per heavy atom. The minimum absolute atomic E-state index is 0.847. The summed E-state index contributed by atoms with van der Waals surface area (Å²) >= 11 is 0. The van der Waals surface area contributed by atoms with Gasteiger partial charge in [0, 0.05) is 12.2 Å². The van der Waals surface area contributed by atoms with Crippen molar-refractivity contribution in [2.24, 2.45) is 0 Å². The molecular weight excluding hydrogens is 198 g/mol. The van der Waals surface area contributed by atoms with Crippen LogP contribution in [0.3, 0.4) is 0 Å². The summed E-state index contributed by atoms with van der Waals surface area (Å²) < 4.78 is 5.75. The van der Waals surface area contributed by atoms with E-state index in [2.05, 4.69) is 30.4 Å². The van der Waals surface area contributed by atoms with Gasteiger partial charge in [-0.2, -0.15) is 0 Å². The highest BCUT2D eigenvalue weighted by atomic mass is 16.5. The fraction of sp³-hybridized carbons (Fsp3) is 0.571. The first-order valence-electron chi connectivity index (χ1n) is 6.40. The van der Waals surface area contributed by atoms with Crippen molar-refractivity contribution < 1.29 is 4.74 Å². The van der Waals surface area contributed by atoms with E-state index < -0.39 is 0 Å². The zero-order valence-electron chi connectivity index (χ0n) is 10.1. The van der Waals surface area contributed by atoms with Crippen LogP contribution in [-0.2, 0) is 6.42 Å². The van der Waals surface area contributed by atoms with Gasteiger partial charge in [0.15, 0.2) is 0 Å². The highest BCUT2D eigenvalue weighted by Crippen LogP contribution is 2.26. The van der Waals surface area contributed by atoms with Gasteiger partial charge < -0.3 is 10.1 Å². The Bertz CT molecular complexity index is 336. The molecule has 1 N–H and O–H groups in total. The lowest BCUT2D eigenvalue weighted by molar-refractivity contribution is 0.306. The standard InChI is InChI=1S/C14H21NO/c1-2-3-4-10-16-13-7-8-14-12(11-13)6-5-9-15-14/h7-8,11,15H,2-6,9-10H2,1H3.